The lowest BCUT2D eigenvalue weighted by Gasteiger charge is -2.30. The molecule has 3 N–H and O–H groups in total. The monoisotopic (exact) mass is 325 g/mol. The van der Waals surface area contributed by atoms with Crippen molar-refractivity contribution in [2.24, 2.45) is 11.7 Å². The van der Waals surface area contributed by atoms with Crippen LogP contribution in [0.15, 0.2) is 18.2 Å². The number of nitrogens with one attached hydrogen (secondary N) is 1. The van der Waals surface area contributed by atoms with Crippen LogP contribution in [-0.4, -0.2) is 36.3 Å². The molecule has 1 aromatic carbocycles. The Hall–Kier alpha value is -2.02. The lowest BCUT2D eigenvalue weighted by Crippen LogP contribution is -2.44. The van der Waals surface area contributed by atoms with Gasteiger partial charge in [-0.3, -0.25) is 14.5 Å². The largest absolute Gasteiger partial charge is 0.369 e. The molecule has 2 amide bonds. The van der Waals surface area contributed by atoms with Crippen LogP contribution < -0.4 is 11.1 Å². The maximum absolute atomic E-state index is 13.7. The minimum atomic E-state index is -0.680. The fraction of sp³-hybridized carbons (Fsp3) is 0.500. The second kappa shape index (κ2) is 7.50. The molecule has 5 nitrogen and oxygen atoms in total. The van der Waals surface area contributed by atoms with Crippen LogP contribution in [-0.2, 0) is 9.59 Å². The smallest absolute Gasteiger partial charge is 0.234 e. The van der Waals surface area contributed by atoms with Crippen molar-refractivity contribution in [3.8, 4) is 0 Å². The molecule has 1 heterocycles. The van der Waals surface area contributed by atoms with Crippen LogP contribution in [0.3, 0.4) is 0 Å². The highest BCUT2D eigenvalue weighted by molar-refractivity contribution is 5.79. The Bertz CT molecular complexity index is 587. The zero-order valence-electron chi connectivity index (χ0n) is 13.0. The van der Waals surface area contributed by atoms with Crippen LogP contribution in [0.25, 0.3) is 0 Å². The number of benzene rings is 1. The number of piperidine rings is 1. The van der Waals surface area contributed by atoms with E-state index in [9.17, 15) is 18.4 Å². The van der Waals surface area contributed by atoms with Crippen molar-refractivity contribution < 1.29 is 18.4 Å². The van der Waals surface area contributed by atoms with E-state index in [-0.39, 0.29) is 29.8 Å². The van der Waals surface area contributed by atoms with Crippen molar-refractivity contribution in [2.45, 2.75) is 25.8 Å². The molecule has 0 saturated carbocycles. The van der Waals surface area contributed by atoms with Crippen LogP contribution in [0.5, 0.6) is 0 Å². The molecule has 7 heteroatoms. The summed E-state index contributed by atoms with van der Waals surface area (Å²) in [6.07, 6.45) is 1.29. The quantitative estimate of drug-likeness (QED) is 0.858. The molecule has 1 aromatic rings. The van der Waals surface area contributed by atoms with Crippen LogP contribution in [0.4, 0.5) is 8.78 Å². The molecule has 0 bridgehead atoms. The van der Waals surface area contributed by atoms with Gasteiger partial charge < -0.3 is 11.1 Å². The number of rotatable bonds is 5. The van der Waals surface area contributed by atoms with Crippen molar-refractivity contribution in [2.75, 3.05) is 19.6 Å². The lowest BCUT2D eigenvalue weighted by atomic mass is 9.96. The summed E-state index contributed by atoms with van der Waals surface area (Å²) in [6.45, 7) is 3.08. The first-order valence-electron chi connectivity index (χ1n) is 7.63. The van der Waals surface area contributed by atoms with E-state index >= 15 is 0 Å². The number of primary amides is 1. The average Bonchev–Trinajstić information content (AvgIpc) is 2.47. The third-order valence-corrected chi connectivity index (χ3v) is 4.16. The van der Waals surface area contributed by atoms with E-state index in [0.29, 0.717) is 25.9 Å². The minimum Gasteiger partial charge on any atom is -0.369 e. The van der Waals surface area contributed by atoms with Gasteiger partial charge in [-0.05, 0) is 38.9 Å². The fourth-order valence-corrected chi connectivity index (χ4v) is 2.80. The first-order valence-corrected chi connectivity index (χ1v) is 7.63. The number of hydrogen-bond acceptors (Lipinski definition) is 3. The van der Waals surface area contributed by atoms with Gasteiger partial charge in [0.15, 0.2) is 0 Å². The fourth-order valence-electron chi connectivity index (χ4n) is 2.80. The van der Waals surface area contributed by atoms with Crippen molar-refractivity contribution in [3.63, 3.8) is 0 Å². The summed E-state index contributed by atoms with van der Waals surface area (Å²) >= 11 is 0. The maximum atomic E-state index is 13.7. The summed E-state index contributed by atoms with van der Waals surface area (Å²) in [5, 5.41) is 2.70. The minimum absolute atomic E-state index is 0.124. The Morgan fingerprint density at radius 1 is 1.35 bits per heavy atom. The Morgan fingerprint density at radius 2 is 2.00 bits per heavy atom. The second-order valence-corrected chi connectivity index (χ2v) is 5.91. The van der Waals surface area contributed by atoms with Crippen molar-refractivity contribution in [1.82, 2.24) is 10.2 Å². The lowest BCUT2D eigenvalue weighted by molar-refractivity contribution is -0.124. The highest BCUT2D eigenvalue weighted by Crippen LogP contribution is 2.19. The third kappa shape index (κ3) is 4.72. The number of hydrogen-bond donors (Lipinski definition) is 2. The molecule has 2 rings (SSSR count). The molecule has 23 heavy (non-hydrogen) atoms. The van der Waals surface area contributed by atoms with Gasteiger partial charge in [-0.2, -0.15) is 0 Å². The van der Waals surface area contributed by atoms with E-state index < -0.39 is 17.7 Å². The predicted octanol–water partition coefficient (Wildman–Crippen LogP) is 1.34. The van der Waals surface area contributed by atoms with Gasteiger partial charge in [0.2, 0.25) is 11.8 Å². The highest BCUT2D eigenvalue weighted by Gasteiger charge is 2.24. The number of carbonyl (C=O) groups is 2. The third-order valence-electron chi connectivity index (χ3n) is 4.16. The van der Waals surface area contributed by atoms with Crippen LogP contribution in [0.2, 0.25) is 0 Å². The molecule has 1 aliphatic heterocycles. The normalized spacial score (nSPS) is 17.7. The Morgan fingerprint density at radius 3 is 2.57 bits per heavy atom. The Balaban J connectivity index is 1.84. The van der Waals surface area contributed by atoms with Crippen molar-refractivity contribution in [1.29, 1.82) is 0 Å². The number of carbonyl (C=O) groups excluding carboxylic acids is 2. The standard InChI is InChI=1S/C16H21F2N3O2/c1-10(13-3-2-12(17)8-14(13)18)20-15(22)9-21-6-4-11(5-7-21)16(19)23/h2-3,8,10-11H,4-7,9H2,1H3,(H2,19,23)(H,20,22). The molecule has 126 valence electrons. The molecule has 0 aromatic heterocycles. The molecule has 1 unspecified atom stereocenters. The van der Waals surface area contributed by atoms with Gasteiger partial charge in [0.1, 0.15) is 11.6 Å². The van der Waals surface area contributed by atoms with E-state index in [1.807, 2.05) is 4.90 Å². The summed E-state index contributed by atoms with van der Waals surface area (Å²) in [4.78, 5) is 25.1. The van der Waals surface area contributed by atoms with E-state index in [0.717, 1.165) is 12.1 Å². The molecule has 0 aliphatic carbocycles. The van der Waals surface area contributed by atoms with E-state index in [4.69, 9.17) is 5.73 Å². The molecule has 1 fully saturated rings. The number of amides is 2. The van der Waals surface area contributed by atoms with Crippen molar-refractivity contribution in [3.05, 3.63) is 35.4 Å². The second-order valence-electron chi connectivity index (χ2n) is 5.91. The zero-order chi connectivity index (χ0) is 17.0. The topological polar surface area (TPSA) is 75.4 Å². The molecule has 0 spiro atoms. The van der Waals surface area contributed by atoms with E-state index in [2.05, 4.69) is 5.32 Å². The first-order chi connectivity index (χ1) is 10.9. The van der Waals surface area contributed by atoms with Crippen LogP contribution in [0, 0.1) is 17.6 Å². The Labute approximate surface area is 133 Å². The van der Waals surface area contributed by atoms with E-state index in [1.165, 1.54) is 6.07 Å². The number of nitrogens with zero attached hydrogens (tertiary/aromatic N) is 1. The van der Waals surface area contributed by atoms with Gasteiger partial charge in [-0.15, -0.1) is 0 Å². The molecular weight excluding hydrogens is 304 g/mol. The maximum Gasteiger partial charge on any atom is 0.234 e. The zero-order valence-corrected chi connectivity index (χ0v) is 13.0. The van der Waals surface area contributed by atoms with Crippen LogP contribution in [0.1, 0.15) is 31.4 Å². The van der Waals surface area contributed by atoms with Gasteiger partial charge in [-0.25, -0.2) is 8.78 Å². The van der Waals surface area contributed by atoms with Gasteiger partial charge in [0, 0.05) is 17.5 Å². The van der Waals surface area contributed by atoms with E-state index in [1.54, 1.807) is 6.92 Å². The van der Waals surface area contributed by atoms with Gasteiger partial charge >= 0.3 is 0 Å². The number of likely N-dealkylation sites (tertiary alicyclic amines) is 1. The number of halogens is 2. The van der Waals surface area contributed by atoms with Gasteiger partial charge in [0.05, 0.1) is 12.6 Å². The van der Waals surface area contributed by atoms with Gasteiger partial charge in [-0.1, -0.05) is 6.07 Å². The first kappa shape index (κ1) is 17.3. The number of nitrogens with two attached hydrogens (primary N) is 1. The summed E-state index contributed by atoms with van der Waals surface area (Å²) in [5.74, 6) is -1.99. The van der Waals surface area contributed by atoms with Crippen molar-refractivity contribution >= 4 is 11.8 Å². The van der Waals surface area contributed by atoms with Gasteiger partial charge in [0.25, 0.3) is 0 Å². The average molecular weight is 325 g/mol. The van der Waals surface area contributed by atoms with Crippen LogP contribution >= 0.6 is 0 Å². The molecule has 1 atom stereocenters. The Kier molecular flexibility index (Phi) is 5.65. The summed E-state index contributed by atoms with van der Waals surface area (Å²) in [7, 11) is 0. The summed E-state index contributed by atoms with van der Waals surface area (Å²) in [5.41, 5.74) is 5.51. The molecular formula is C16H21F2N3O2. The highest BCUT2D eigenvalue weighted by atomic mass is 19.1. The predicted molar refractivity (Wildman–Crippen MR) is 81.3 cm³/mol. The SMILES string of the molecule is CC(NC(=O)CN1CCC(C(N)=O)CC1)c1ccc(F)cc1F. The molecule has 1 saturated heterocycles. The molecule has 1 aliphatic rings. The summed E-state index contributed by atoms with van der Waals surface area (Å²) in [6, 6.07) is 2.74. The summed E-state index contributed by atoms with van der Waals surface area (Å²) < 4.78 is 26.6. The molecule has 0 radical (unpaired) electrons.